The number of hydrogen-bond donors (Lipinski definition) is 0. The van der Waals surface area contributed by atoms with E-state index >= 15 is 0 Å². The van der Waals surface area contributed by atoms with Crippen LogP contribution < -0.4 is 0 Å². The van der Waals surface area contributed by atoms with Crippen molar-refractivity contribution in [3.05, 3.63) is 0 Å². The molecular formula is C6H12S2. The molecule has 1 aliphatic heterocycles. The fourth-order valence-electron chi connectivity index (χ4n) is 0.880. The Morgan fingerprint density at radius 2 is 2.62 bits per heavy atom. The number of rotatable bonds is 2. The quantitative estimate of drug-likeness (QED) is 0.589. The van der Waals surface area contributed by atoms with Gasteiger partial charge in [0, 0.05) is 11.0 Å². The zero-order valence-corrected chi connectivity index (χ0v) is 6.86. The molecule has 0 aromatic heterocycles. The molecule has 1 fully saturated rings. The Bertz CT molecular complexity index is 57.5. The molecular weight excluding hydrogens is 136 g/mol. The minimum absolute atomic E-state index is 0.991. The van der Waals surface area contributed by atoms with E-state index in [2.05, 4.69) is 30.4 Å². The maximum atomic E-state index is 2.24. The predicted octanol–water partition coefficient (Wildman–Crippen LogP) is 2.25. The highest BCUT2D eigenvalue weighted by Crippen LogP contribution is 2.27. The third kappa shape index (κ3) is 1.90. The molecule has 48 valence electrons. The van der Waals surface area contributed by atoms with Crippen LogP contribution in [0.25, 0.3) is 0 Å². The Balaban J connectivity index is 2.06. The summed E-state index contributed by atoms with van der Waals surface area (Å²) in [4.78, 5) is 0. The Labute approximate surface area is 59.8 Å². The molecule has 1 unspecified atom stereocenters. The van der Waals surface area contributed by atoms with Crippen molar-refractivity contribution in [3.8, 4) is 0 Å². The summed E-state index contributed by atoms with van der Waals surface area (Å²) < 4.78 is 0. The SMILES string of the molecule is CCSC1CCSC1. The lowest BCUT2D eigenvalue weighted by Crippen LogP contribution is -1.98. The van der Waals surface area contributed by atoms with Gasteiger partial charge in [0.2, 0.25) is 0 Å². The molecule has 1 rings (SSSR count). The third-order valence-corrected chi connectivity index (χ3v) is 3.87. The number of thioether (sulfide) groups is 2. The standard InChI is InChI=1S/C6H12S2/c1-2-8-6-3-4-7-5-6/h6H,2-5H2,1H3. The second-order valence-corrected chi connectivity index (χ2v) is 4.67. The Kier molecular flexibility index (Phi) is 3.13. The molecule has 8 heavy (non-hydrogen) atoms. The molecule has 0 spiro atoms. The van der Waals surface area contributed by atoms with Gasteiger partial charge in [-0.2, -0.15) is 23.5 Å². The van der Waals surface area contributed by atoms with Crippen LogP contribution in [0.5, 0.6) is 0 Å². The first kappa shape index (κ1) is 6.81. The molecule has 0 aromatic carbocycles. The fourth-order valence-corrected chi connectivity index (χ4v) is 3.51. The van der Waals surface area contributed by atoms with Crippen LogP contribution in [-0.2, 0) is 0 Å². The van der Waals surface area contributed by atoms with Gasteiger partial charge in [-0.25, -0.2) is 0 Å². The molecule has 1 saturated heterocycles. The van der Waals surface area contributed by atoms with E-state index in [1.165, 1.54) is 23.7 Å². The van der Waals surface area contributed by atoms with Crippen LogP contribution in [0.4, 0.5) is 0 Å². The highest BCUT2D eigenvalue weighted by atomic mass is 32.2. The zero-order chi connectivity index (χ0) is 5.82. The highest BCUT2D eigenvalue weighted by molar-refractivity contribution is 8.04. The summed E-state index contributed by atoms with van der Waals surface area (Å²) in [7, 11) is 0. The van der Waals surface area contributed by atoms with Crippen molar-refractivity contribution in [2.45, 2.75) is 18.6 Å². The summed E-state index contributed by atoms with van der Waals surface area (Å²) in [6.45, 7) is 2.24. The van der Waals surface area contributed by atoms with Gasteiger partial charge in [0.15, 0.2) is 0 Å². The Morgan fingerprint density at radius 3 is 3.12 bits per heavy atom. The van der Waals surface area contributed by atoms with Crippen LogP contribution >= 0.6 is 23.5 Å². The molecule has 0 aliphatic carbocycles. The van der Waals surface area contributed by atoms with Gasteiger partial charge in [-0.05, 0) is 17.9 Å². The van der Waals surface area contributed by atoms with E-state index in [4.69, 9.17) is 0 Å². The van der Waals surface area contributed by atoms with E-state index in [9.17, 15) is 0 Å². The molecule has 1 atom stereocenters. The van der Waals surface area contributed by atoms with E-state index in [1.54, 1.807) is 0 Å². The molecule has 0 amide bonds. The smallest absolute Gasteiger partial charge is 0.0145 e. The topological polar surface area (TPSA) is 0 Å². The molecule has 0 bridgehead atoms. The maximum Gasteiger partial charge on any atom is 0.0145 e. The van der Waals surface area contributed by atoms with Gasteiger partial charge in [-0.1, -0.05) is 6.92 Å². The molecule has 1 aliphatic rings. The summed E-state index contributed by atoms with van der Waals surface area (Å²) in [6, 6.07) is 0. The average Bonchev–Trinajstić information content (AvgIpc) is 2.19. The van der Waals surface area contributed by atoms with Gasteiger partial charge in [-0.3, -0.25) is 0 Å². The van der Waals surface area contributed by atoms with Gasteiger partial charge in [-0.15, -0.1) is 0 Å². The van der Waals surface area contributed by atoms with Crippen LogP contribution in [0.15, 0.2) is 0 Å². The van der Waals surface area contributed by atoms with Crippen molar-refractivity contribution in [2.24, 2.45) is 0 Å². The predicted molar refractivity (Wildman–Crippen MR) is 43.9 cm³/mol. The van der Waals surface area contributed by atoms with Gasteiger partial charge < -0.3 is 0 Å². The first-order valence-corrected chi connectivity index (χ1v) is 5.33. The van der Waals surface area contributed by atoms with Crippen LogP contribution in [0.1, 0.15) is 13.3 Å². The minimum atomic E-state index is 0.991. The van der Waals surface area contributed by atoms with Crippen molar-refractivity contribution >= 4 is 23.5 Å². The van der Waals surface area contributed by atoms with Gasteiger partial charge in [0.25, 0.3) is 0 Å². The summed E-state index contributed by atoms with van der Waals surface area (Å²) in [5.74, 6) is 4.10. The van der Waals surface area contributed by atoms with E-state index in [1.807, 2.05) is 0 Å². The summed E-state index contributed by atoms with van der Waals surface area (Å²) in [5.41, 5.74) is 0. The lowest BCUT2D eigenvalue weighted by atomic mass is 10.4. The molecule has 0 aromatic rings. The average molecular weight is 148 g/mol. The van der Waals surface area contributed by atoms with Gasteiger partial charge >= 0.3 is 0 Å². The molecule has 0 radical (unpaired) electrons. The highest BCUT2D eigenvalue weighted by Gasteiger charge is 2.13. The number of hydrogen-bond acceptors (Lipinski definition) is 2. The normalized spacial score (nSPS) is 28.9. The van der Waals surface area contributed by atoms with Crippen LogP contribution in [-0.4, -0.2) is 22.5 Å². The van der Waals surface area contributed by atoms with E-state index in [0.717, 1.165) is 5.25 Å². The van der Waals surface area contributed by atoms with Crippen molar-refractivity contribution in [3.63, 3.8) is 0 Å². The van der Waals surface area contributed by atoms with Crippen molar-refractivity contribution in [1.82, 2.24) is 0 Å². The third-order valence-electron chi connectivity index (χ3n) is 1.29. The zero-order valence-electron chi connectivity index (χ0n) is 5.22. The van der Waals surface area contributed by atoms with Gasteiger partial charge in [0.1, 0.15) is 0 Å². The summed E-state index contributed by atoms with van der Waals surface area (Å²) in [5, 5.41) is 0.991. The molecule has 0 saturated carbocycles. The second-order valence-electron chi connectivity index (χ2n) is 1.94. The lowest BCUT2D eigenvalue weighted by molar-refractivity contribution is 0.970. The first-order chi connectivity index (χ1) is 3.93. The largest absolute Gasteiger partial charge is 0.161 e. The molecule has 1 heterocycles. The summed E-state index contributed by atoms with van der Waals surface area (Å²) in [6.07, 6.45) is 1.45. The van der Waals surface area contributed by atoms with E-state index < -0.39 is 0 Å². The molecule has 0 nitrogen and oxygen atoms in total. The van der Waals surface area contributed by atoms with Crippen LogP contribution in [0.2, 0.25) is 0 Å². The maximum absolute atomic E-state index is 2.24. The monoisotopic (exact) mass is 148 g/mol. The molecule has 0 N–H and O–H groups in total. The Hall–Kier alpha value is 0.700. The van der Waals surface area contributed by atoms with Crippen LogP contribution in [0, 0.1) is 0 Å². The Morgan fingerprint density at radius 1 is 1.75 bits per heavy atom. The van der Waals surface area contributed by atoms with E-state index in [0.29, 0.717) is 0 Å². The summed E-state index contributed by atoms with van der Waals surface area (Å²) >= 11 is 4.22. The lowest BCUT2D eigenvalue weighted by Gasteiger charge is -2.02. The minimum Gasteiger partial charge on any atom is -0.161 e. The van der Waals surface area contributed by atoms with Gasteiger partial charge in [0.05, 0.1) is 0 Å². The second kappa shape index (κ2) is 3.67. The van der Waals surface area contributed by atoms with E-state index in [-0.39, 0.29) is 0 Å². The van der Waals surface area contributed by atoms with Crippen molar-refractivity contribution in [1.29, 1.82) is 0 Å². The fraction of sp³-hybridized carbons (Fsp3) is 1.00. The van der Waals surface area contributed by atoms with Crippen LogP contribution in [0.3, 0.4) is 0 Å². The first-order valence-electron chi connectivity index (χ1n) is 3.13. The van der Waals surface area contributed by atoms with Crippen molar-refractivity contribution in [2.75, 3.05) is 17.3 Å². The van der Waals surface area contributed by atoms with Crippen molar-refractivity contribution < 1.29 is 0 Å². The molecule has 2 heteroatoms.